The average molecular weight is 229 g/mol. The van der Waals surface area contributed by atoms with Gasteiger partial charge in [0.15, 0.2) is 0 Å². The van der Waals surface area contributed by atoms with E-state index in [4.69, 9.17) is 0 Å². The Morgan fingerprint density at radius 1 is 1.53 bits per heavy atom. The van der Waals surface area contributed by atoms with E-state index in [1.54, 1.807) is 0 Å². The van der Waals surface area contributed by atoms with Gasteiger partial charge in [0.1, 0.15) is 0 Å². The van der Waals surface area contributed by atoms with E-state index in [9.17, 15) is 0 Å². The van der Waals surface area contributed by atoms with E-state index >= 15 is 0 Å². The monoisotopic (exact) mass is 229 g/mol. The molecule has 0 saturated carbocycles. The molecule has 0 spiro atoms. The fraction of sp³-hybridized carbons (Fsp3) is 0.500. The molecule has 1 saturated heterocycles. The van der Waals surface area contributed by atoms with Crippen LogP contribution in [0.25, 0.3) is 0 Å². The van der Waals surface area contributed by atoms with Gasteiger partial charge in [-0.15, -0.1) is 0 Å². The third-order valence-electron chi connectivity index (χ3n) is 3.86. The molecular formula is C16H23N. The maximum Gasteiger partial charge on any atom is 0.0470 e. The van der Waals surface area contributed by atoms with Gasteiger partial charge < -0.3 is 4.90 Å². The zero-order valence-electron chi connectivity index (χ0n) is 11.3. The van der Waals surface area contributed by atoms with E-state index in [2.05, 4.69) is 51.0 Å². The van der Waals surface area contributed by atoms with Gasteiger partial charge in [-0.3, -0.25) is 0 Å². The van der Waals surface area contributed by atoms with Crippen molar-refractivity contribution in [2.75, 3.05) is 0 Å². The van der Waals surface area contributed by atoms with Gasteiger partial charge in [0, 0.05) is 29.8 Å². The van der Waals surface area contributed by atoms with E-state index in [0.717, 1.165) is 18.4 Å². The number of hydrogen-bond donors (Lipinski definition) is 0. The Labute approximate surface area is 105 Å². The molecule has 2 aliphatic heterocycles. The lowest BCUT2D eigenvalue weighted by atomic mass is 9.88. The molecule has 2 heterocycles. The van der Waals surface area contributed by atoms with Crippen LogP contribution in [0.2, 0.25) is 0 Å². The van der Waals surface area contributed by atoms with Gasteiger partial charge in [-0.25, -0.2) is 0 Å². The lowest BCUT2D eigenvalue weighted by Crippen LogP contribution is -2.43. The number of rotatable bonds is 4. The minimum Gasteiger partial charge on any atom is -0.341 e. The minimum absolute atomic E-state index is 0.611. The quantitative estimate of drug-likeness (QED) is 0.690. The molecule has 1 nitrogen and oxygen atoms in total. The van der Waals surface area contributed by atoms with E-state index in [0.29, 0.717) is 12.0 Å². The largest absolute Gasteiger partial charge is 0.341 e. The highest BCUT2D eigenvalue weighted by molar-refractivity contribution is 5.48. The molecule has 1 heteroatoms. The molecule has 0 N–H and O–H groups in total. The predicted molar refractivity (Wildman–Crippen MR) is 74.4 cm³/mol. The zero-order valence-corrected chi connectivity index (χ0v) is 11.3. The first-order chi connectivity index (χ1) is 8.07. The molecule has 0 bridgehead atoms. The smallest absolute Gasteiger partial charge is 0.0470 e. The Morgan fingerprint density at radius 3 is 2.76 bits per heavy atom. The molecule has 0 amide bonds. The van der Waals surface area contributed by atoms with Crippen LogP contribution in [0, 0.1) is 5.92 Å². The summed E-state index contributed by atoms with van der Waals surface area (Å²) in [6.45, 7) is 14.9. The normalized spacial score (nSPS) is 27.7. The number of nitrogens with zero attached hydrogens (tertiary/aromatic N) is 1. The lowest BCUT2D eigenvalue weighted by molar-refractivity contribution is 0.202. The van der Waals surface area contributed by atoms with Gasteiger partial charge in [0.25, 0.3) is 0 Å². The molecule has 0 radical (unpaired) electrons. The van der Waals surface area contributed by atoms with E-state index in [1.165, 1.54) is 23.4 Å². The average Bonchev–Trinajstić information content (AvgIpc) is 2.49. The van der Waals surface area contributed by atoms with Gasteiger partial charge in [0.05, 0.1) is 0 Å². The summed E-state index contributed by atoms with van der Waals surface area (Å²) >= 11 is 0. The molecular weight excluding hydrogens is 206 g/mol. The van der Waals surface area contributed by atoms with Crippen LogP contribution >= 0.6 is 0 Å². The van der Waals surface area contributed by atoms with Crippen LogP contribution in [0.4, 0.5) is 0 Å². The molecule has 2 rings (SSSR count). The lowest BCUT2D eigenvalue weighted by Gasteiger charge is -2.43. The molecule has 0 aromatic heterocycles. The van der Waals surface area contributed by atoms with Crippen molar-refractivity contribution in [1.82, 2.24) is 4.90 Å². The maximum atomic E-state index is 4.13. The molecule has 0 aromatic carbocycles. The number of allylic oxidation sites excluding steroid dienone is 3. The number of fused-ring (bicyclic) bond motifs is 1. The zero-order chi connectivity index (χ0) is 12.6. The standard InChI is InChI=1S/C16H23N/c1-6-7-8-9-14-13(5)15-10-12(4)17(15)16(14)11(2)3/h8-9,13,15H,2,4,6-7,10H2,1,3,5H3/b9-8+. The van der Waals surface area contributed by atoms with Crippen LogP contribution in [0.5, 0.6) is 0 Å². The van der Waals surface area contributed by atoms with Gasteiger partial charge in [-0.2, -0.15) is 0 Å². The number of hydrogen-bond acceptors (Lipinski definition) is 1. The third kappa shape index (κ3) is 1.88. The van der Waals surface area contributed by atoms with Crippen molar-refractivity contribution in [3.8, 4) is 0 Å². The van der Waals surface area contributed by atoms with Crippen LogP contribution in [-0.2, 0) is 0 Å². The van der Waals surface area contributed by atoms with Crippen LogP contribution in [-0.4, -0.2) is 10.9 Å². The van der Waals surface area contributed by atoms with Gasteiger partial charge in [0.2, 0.25) is 0 Å². The number of unbranched alkanes of at least 4 members (excludes halogenated alkanes) is 1. The van der Waals surface area contributed by atoms with E-state index in [-0.39, 0.29) is 0 Å². The summed E-state index contributed by atoms with van der Waals surface area (Å²) in [6.07, 6.45) is 8.11. The summed E-state index contributed by atoms with van der Waals surface area (Å²) in [5.74, 6) is 0.611. The Hall–Kier alpha value is -1.24. The molecule has 17 heavy (non-hydrogen) atoms. The van der Waals surface area contributed by atoms with Crippen molar-refractivity contribution in [3.63, 3.8) is 0 Å². The first-order valence-electron chi connectivity index (χ1n) is 6.61. The van der Waals surface area contributed by atoms with Crippen LogP contribution < -0.4 is 0 Å². The van der Waals surface area contributed by atoms with Crippen molar-refractivity contribution in [2.24, 2.45) is 5.92 Å². The molecule has 0 aromatic rings. The van der Waals surface area contributed by atoms with Crippen molar-refractivity contribution in [3.05, 3.63) is 47.9 Å². The van der Waals surface area contributed by atoms with Crippen molar-refractivity contribution in [2.45, 2.75) is 46.1 Å². The first-order valence-corrected chi connectivity index (χ1v) is 6.61. The van der Waals surface area contributed by atoms with Crippen LogP contribution in [0.1, 0.15) is 40.0 Å². The fourth-order valence-corrected chi connectivity index (χ4v) is 2.90. The topological polar surface area (TPSA) is 3.24 Å². The Kier molecular flexibility index (Phi) is 3.28. The highest BCUT2D eigenvalue weighted by Gasteiger charge is 2.45. The highest BCUT2D eigenvalue weighted by Crippen LogP contribution is 2.48. The maximum absolute atomic E-state index is 4.13. The van der Waals surface area contributed by atoms with Gasteiger partial charge in [-0.1, -0.05) is 45.6 Å². The van der Waals surface area contributed by atoms with Gasteiger partial charge in [-0.05, 0) is 24.5 Å². The second kappa shape index (κ2) is 4.56. The van der Waals surface area contributed by atoms with Crippen LogP contribution in [0.15, 0.2) is 47.9 Å². The summed E-state index contributed by atoms with van der Waals surface area (Å²) in [5, 5.41) is 0. The summed E-state index contributed by atoms with van der Waals surface area (Å²) in [7, 11) is 0. The van der Waals surface area contributed by atoms with Crippen molar-refractivity contribution < 1.29 is 0 Å². The SMILES string of the molecule is C=C(C)C1=C(/C=C/CCC)C(C)C2CC(=C)N12. The van der Waals surface area contributed by atoms with E-state index in [1.807, 2.05) is 0 Å². The Bertz CT molecular complexity index is 411. The Morgan fingerprint density at radius 2 is 2.24 bits per heavy atom. The molecule has 0 aliphatic carbocycles. The summed E-state index contributed by atoms with van der Waals surface area (Å²) in [4.78, 5) is 2.39. The molecule has 2 aliphatic rings. The third-order valence-corrected chi connectivity index (χ3v) is 3.86. The summed E-state index contributed by atoms with van der Waals surface area (Å²) < 4.78 is 0. The molecule has 92 valence electrons. The minimum atomic E-state index is 0.611. The summed E-state index contributed by atoms with van der Waals surface area (Å²) in [5.41, 5.74) is 5.19. The highest BCUT2D eigenvalue weighted by atomic mass is 15.3. The predicted octanol–water partition coefficient (Wildman–Crippen LogP) is 4.41. The molecule has 1 fully saturated rings. The second-order valence-corrected chi connectivity index (χ2v) is 5.27. The fourth-order valence-electron chi connectivity index (χ4n) is 2.90. The molecule has 2 unspecified atom stereocenters. The molecule has 2 atom stereocenters. The Balaban J connectivity index is 2.31. The van der Waals surface area contributed by atoms with Crippen molar-refractivity contribution in [1.29, 1.82) is 0 Å². The second-order valence-electron chi connectivity index (χ2n) is 5.27. The van der Waals surface area contributed by atoms with Gasteiger partial charge >= 0.3 is 0 Å². The van der Waals surface area contributed by atoms with Crippen molar-refractivity contribution >= 4 is 0 Å². The first kappa shape index (κ1) is 12.2. The van der Waals surface area contributed by atoms with E-state index < -0.39 is 0 Å². The summed E-state index contributed by atoms with van der Waals surface area (Å²) in [6, 6.07) is 0.635. The van der Waals surface area contributed by atoms with Crippen LogP contribution in [0.3, 0.4) is 0 Å².